The zero-order valence-corrected chi connectivity index (χ0v) is 11.3. The Morgan fingerprint density at radius 2 is 2.11 bits per heavy atom. The highest BCUT2D eigenvalue weighted by atomic mass is 16.5. The van der Waals surface area contributed by atoms with E-state index in [1.165, 1.54) is 0 Å². The van der Waals surface area contributed by atoms with Crippen LogP contribution in [0.5, 0.6) is 5.75 Å². The van der Waals surface area contributed by atoms with Crippen molar-refractivity contribution >= 4 is 11.7 Å². The maximum absolute atomic E-state index is 11.0. The number of benzene rings is 1. The molecule has 4 heteroatoms. The lowest BCUT2D eigenvalue weighted by atomic mass is 9.85. The molecule has 1 fully saturated rings. The number of hydrogen-bond acceptors (Lipinski definition) is 3. The molecule has 0 saturated heterocycles. The van der Waals surface area contributed by atoms with Gasteiger partial charge in [-0.1, -0.05) is 6.42 Å². The third-order valence-electron chi connectivity index (χ3n) is 3.56. The third kappa shape index (κ3) is 3.88. The summed E-state index contributed by atoms with van der Waals surface area (Å²) in [6.07, 6.45) is 3.53. The highest BCUT2D eigenvalue weighted by molar-refractivity contribution is 5.70. The smallest absolute Gasteiger partial charge is 0.306 e. The lowest BCUT2D eigenvalue weighted by molar-refractivity contribution is -0.142. The Hall–Kier alpha value is -1.71. The molecule has 0 amide bonds. The molecule has 2 N–H and O–H groups in total. The second kappa shape index (κ2) is 6.45. The molecule has 0 spiro atoms. The number of hydrogen-bond donors (Lipinski definition) is 2. The van der Waals surface area contributed by atoms with Crippen molar-refractivity contribution in [3.63, 3.8) is 0 Å². The van der Waals surface area contributed by atoms with Gasteiger partial charge in [0, 0.05) is 11.7 Å². The Labute approximate surface area is 113 Å². The van der Waals surface area contributed by atoms with E-state index < -0.39 is 5.97 Å². The van der Waals surface area contributed by atoms with Crippen molar-refractivity contribution in [3.8, 4) is 5.75 Å². The first-order valence-corrected chi connectivity index (χ1v) is 6.91. The average molecular weight is 263 g/mol. The fourth-order valence-electron chi connectivity index (χ4n) is 2.59. The molecule has 0 radical (unpaired) electrons. The van der Waals surface area contributed by atoms with Gasteiger partial charge in [-0.2, -0.15) is 0 Å². The van der Waals surface area contributed by atoms with Gasteiger partial charge in [0.05, 0.1) is 12.5 Å². The van der Waals surface area contributed by atoms with Crippen molar-refractivity contribution in [1.29, 1.82) is 0 Å². The molecular formula is C15H21NO3. The van der Waals surface area contributed by atoms with E-state index in [4.69, 9.17) is 9.84 Å². The lowest BCUT2D eigenvalue weighted by Gasteiger charge is -2.28. The Morgan fingerprint density at radius 1 is 1.37 bits per heavy atom. The summed E-state index contributed by atoms with van der Waals surface area (Å²) in [6.45, 7) is 2.62. The topological polar surface area (TPSA) is 58.6 Å². The molecule has 19 heavy (non-hydrogen) atoms. The number of carboxylic acid groups (broad SMARTS) is 1. The highest BCUT2D eigenvalue weighted by Crippen LogP contribution is 2.27. The number of aliphatic carboxylic acids is 1. The number of anilines is 1. The van der Waals surface area contributed by atoms with Crippen LogP contribution in [-0.4, -0.2) is 23.7 Å². The van der Waals surface area contributed by atoms with Crippen molar-refractivity contribution in [2.24, 2.45) is 5.92 Å². The van der Waals surface area contributed by atoms with Gasteiger partial charge in [0.1, 0.15) is 5.75 Å². The van der Waals surface area contributed by atoms with E-state index in [-0.39, 0.29) is 12.0 Å². The maximum Gasteiger partial charge on any atom is 0.306 e. The SMILES string of the molecule is CCOc1ccc(NC2CCCC(C(=O)O)C2)cc1. The molecular weight excluding hydrogens is 242 g/mol. The van der Waals surface area contributed by atoms with Crippen LogP contribution in [0.4, 0.5) is 5.69 Å². The molecule has 1 aromatic rings. The zero-order valence-electron chi connectivity index (χ0n) is 11.3. The number of carbonyl (C=O) groups is 1. The molecule has 1 aliphatic rings. The molecule has 0 bridgehead atoms. The van der Waals surface area contributed by atoms with Crippen LogP contribution >= 0.6 is 0 Å². The summed E-state index contributed by atoms with van der Waals surface area (Å²) >= 11 is 0. The molecule has 2 atom stereocenters. The Balaban J connectivity index is 1.91. The van der Waals surface area contributed by atoms with Gasteiger partial charge < -0.3 is 15.2 Å². The fraction of sp³-hybridized carbons (Fsp3) is 0.533. The molecule has 1 aliphatic carbocycles. The molecule has 1 aromatic carbocycles. The van der Waals surface area contributed by atoms with Crippen molar-refractivity contribution in [1.82, 2.24) is 0 Å². The second-order valence-corrected chi connectivity index (χ2v) is 5.00. The lowest BCUT2D eigenvalue weighted by Crippen LogP contribution is -2.30. The van der Waals surface area contributed by atoms with Crippen LogP contribution in [0.15, 0.2) is 24.3 Å². The van der Waals surface area contributed by atoms with Crippen molar-refractivity contribution < 1.29 is 14.6 Å². The Kier molecular flexibility index (Phi) is 4.66. The first-order chi connectivity index (χ1) is 9.19. The van der Waals surface area contributed by atoms with Gasteiger partial charge in [-0.15, -0.1) is 0 Å². The number of ether oxygens (including phenoxy) is 1. The summed E-state index contributed by atoms with van der Waals surface area (Å²) in [5.41, 5.74) is 1.03. The second-order valence-electron chi connectivity index (χ2n) is 5.00. The summed E-state index contributed by atoms with van der Waals surface area (Å²) in [7, 11) is 0. The van der Waals surface area contributed by atoms with Gasteiger partial charge in [0.25, 0.3) is 0 Å². The van der Waals surface area contributed by atoms with E-state index in [1.807, 2.05) is 31.2 Å². The quantitative estimate of drug-likeness (QED) is 0.856. The summed E-state index contributed by atoms with van der Waals surface area (Å²) in [5, 5.41) is 12.5. The molecule has 0 aliphatic heterocycles. The third-order valence-corrected chi connectivity index (χ3v) is 3.56. The van der Waals surface area contributed by atoms with Crippen LogP contribution in [0.1, 0.15) is 32.6 Å². The molecule has 2 rings (SSSR count). The summed E-state index contributed by atoms with van der Waals surface area (Å²) in [6, 6.07) is 8.09. The first kappa shape index (κ1) is 13.7. The van der Waals surface area contributed by atoms with E-state index in [1.54, 1.807) is 0 Å². The largest absolute Gasteiger partial charge is 0.494 e. The van der Waals surface area contributed by atoms with Crippen LogP contribution in [0.3, 0.4) is 0 Å². The molecule has 2 unspecified atom stereocenters. The van der Waals surface area contributed by atoms with Crippen LogP contribution < -0.4 is 10.1 Å². The minimum atomic E-state index is -0.668. The van der Waals surface area contributed by atoms with E-state index in [0.29, 0.717) is 13.0 Å². The summed E-state index contributed by atoms with van der Waals surface area (Å²) in [4.78, 5) is 11.0. The predicted molar refractivity (Wildman–Crippen MR) is 74.6 cm³/mol. The van der Waals surface area contributed by atoms with Crippen LogP contribution in [-0.2, 0) is 4.79 Å². The maximum atomic E-state index is 11.0. The molecule has 0 aromatic heterocycles. The van der Waals surface area contributed by atoms with E-state index in [2.05, 4.69) is 5.32 Å². The fourth-order valence-corrected chi connectivity index (χ4v) is 2.59. The minimum absolute atomic E-state index is 0.200. The molecule has 4 nitrogen and oxygen atoms in total. The van der Waals surface area contributed by atoms with Gasteiger partial charge >= 0.3 is 5.97 Å². The highest BCUT2D eigenvalue weighted by Gasteiger charge is 2.26. The molecule has 1 saturated carbocycles. The molecule has 104 valence electrons. The molecule has 0 heterocycles. The van der Waals surface area contributed by atoms with Gasteiger partial charge in [-0.05, 0) is 50.5 Å². The van der Waals surface area contributed by atoms with Gasteiger partial charge in [-0.3, -0.25) is 4.79 Å². The van der Waals surface area contributed by atoms with Gasteiger partial charge in [0.2, 0.25) is 0 Å². The van der Waals surface area contributed by atoms with Crippen LogP contribution in [0.2, 0.25) is 0 Å². The summed E-state index contributed by atoms with van der Waals surface area (Å²) < 4.78 is 5.39. The minimum Gasteiger partial charge on any atom is -0.494 e. The zero-order chi connectivity index (χ0) is 13.7. The van der Waals surface area contributed by atoms with Crippen molar-refractivity contribution in [3.05, 3.63) is 24.3 Å². The number of carboxylic acids is 1. The van der Waals surface area contributed by atoms with Crippen LogP contribution in [0.25, 0.3) is 0 Å². The normalized spacial score (nSPS) is 22.8. The van der Waals surface area contributed by atoms with E-state index >= 15 is 0 Å². The Bertz CT molecular complexity index is 416. The van der Waals surface area contributed by atoms with Gasteiger partial charge in [0.15, 0.2) is 0 Å². The average Bonchev–Trinajstić information content (AvgIpc) is 2.42. The van der Waals surface area contributed by atoms with Gasteiger partial charge in [-0.25, -0.2) is 0 Å². The predicted octanol–water partition coefficient (Wildman–Crippen LogP) is 3.14. The summed E-state index contributed by atoms with van der Waals surface area (Å²) in [5.74, 6) is -0.00718. The van der Waals surface area contributed by atoms with E-state index in [0.717, 1.165) is 30.7 Å². The van der Waals surface area contributed by atoms with Crippen molar-refractivity contribution in [2.75, 3.05) is 11.9 Å². The first-order valence-electron chi connectivity index (χ1n) is 6.91. The standard InChI is InChI=1S/C15H21NO3/c1-2-19-14-8-6-12(7-9-14)16-13-5-3-4-11(10-13)15(17)18/h6-9,11,13,16H,2-5,10H2,1H3,(H,17,18). The van der Waals surface area contributed by atoms with Crippen LogP contribution in [0, 0.1) is 5.92 Å². The monoisotopic (exact) mass is 263 g/mol. The Morgan fingerprint density at radius 3 is 2.74 bits per heavy atom. The number of nitrogens with one attached hydrogen (secondary N) is 1. The van der Waals surface area contributed by atoms with Crippen molar-refractivity contribution in [2.45, 2.75) is 38.6 Å². The van der Waals surface area contributed by atoms with E-state index in [9.17, 15) is 4.79 Å². The number of rotatable bonds is 5.